The second-order valence-corrected chi connectivity index (χ2v) is 3.29. The molecular formula is C8H19N3. The Morgan fingerprint density at radius 1 is 1.27 bits per heavy atom. The average molecular weight is 157 g/mol. The molecule has 0 saturated carbocycles. The van der Waals surface area contributed by atoms with Gasteiger partial charge in [-0.15, -0.1) is 0 Å². The van der Waals surface area contributed by atoms with Crippen LogP contribution in [-0.2, 0) is 0 Å². The van der Waals surface area contributed by atoms with E-state index in [9.17, 15) is 0 Å². The van der Waals surface area contributed by atoms with Gasteiger partial charge in [-0.05, 0) is 27.7 Å². The largest absolute Gasteiger partial charge is 0.370 e. The number of nitrogens with two attached hydrogens (primary N) is 1. The molecule has 0 aliphatic heterocycles. The van der Waals surface area contributed by atoms with Gasteiger partial charge in [0.15, 0.2) is 5.96 Å². The molecule has 11 heavy (non-hydrogen) atoms. The minimum atomic E-state index is 0.274. The standard InChI is InChI=1S/C8H19N3/c1-6(2)10-8(9)11(5)7(3)4/h6-7H,1-5H3,(H2,9,10). The van der Waals surface area contributed by atoms with Crippen molar-refractivity contribution in [2.24, 2.45) is 10.7 Å². The van der Waals surface area contributed by atoms with Crippen LogP contribution in [-0.4, -0.2) is 30.0 Å². The van der Waals surface area contributed by atoms with Gasteiger partial charge in [0.25, 0.3) is 0 Å². The first-order valence-corrected chi connectivity index (χ1v) is 4.01. The lowest BCUT2D eigenvalue weighted by atomic mass is 10.3. The molecule has 0 aromatic heterocycles. The van der Waals surface area contributed by atoms with Gasteiger partial charge in [0, 0.05) is 19.1 Å². The van der Waals surface area contributed by atoms with Gasteiger partial charge in [-0.2, -0.15) is 0 Å². The lowest BCUT2D eigenvalue weighted by Gasteiger charge is -2.22. The SMILES string of the molecule is CC(C)N=C(N)N(C)C(C)C. The predicted molar refractivity (Wildman–Crippen MR) is 49.7 cm³/mol. The third-order valence-electron chi connectivity index (χ3n) is 1.53. The zero-order chi connectivity index (χ0) is 9.02. The minimum absolute atomic E-state index is 0.274. The number of aliphatic imine (C=N–C) groups is 1. The normalized spacial score (nSPS) is 12.8. The molecule has 0 aliphatic rings. The van der Waals surface area contributed by atoms with E-state index in [-0.39, 0.29) is 6.04 Å². The maximum Gasteiger partial charge on any atom is 0.191 e. The monoisotopic (exact) mass is 157 g/mol. The van der Waals surface area contributed by atoms with E-state index in [2.05, 4.69) is 18.8 Å². The van der Waals surface area contributed by atoms with E-state index in [0.29, 0.717) is 12.0 Å². The molecule has 3 heteroatoms. The van der Waals surface area contributed by atoms with E-state index in [1.165, 1.54) is 0 Å². The van der Waals surface area contributed by atoms with Crippen molar-refractivity contribution in [2.75, 3.05) is 7.05 Å². The van der Waals surface area contributed by atoms with Crippen LogP contribution in [0.3, 0.4) is 0 Å². The topological polar surface area (TPSA) is 41.6 Å². The molecule has 0 radical (unpaired) electrons. The second-order valence-electron chi connectivity index (χ2n) is 3.29. The van der Waals surface area contributed by atoms with Gasteiger partial charge < -0.3 is 10.6 Å². The van der Waals surface area contributed by atoms with Gasteiger partial charge in [0.1, 0.15) is 0 Å². The second kappa shape index (κ2) is 4.21. The summed E-state index contributed by atoms with van der Waals surface area (Å²) >= 11 is 0. The number of hydrogen-bond donors (Lipinski definition) is 1. The Hall–Kier alpha value is -0.730. The molecule has 0 amide bonds. The lowest BCUT2D eigenvalue weighted by Crippen LogP contribution is -2.39. The Kier molecular flexibility index (Phi) is 3.93. The Labute approximate surface area is 69.3 Å². The number of guanidine groups is 1. The number of rotatable bonds is 2. The Morgan fingerprint density at radius 2 is 1.73 bits per heavy atom. The number of nitrogens with zero attached hydrogens (tertiary/aromatic N) is 2. The molecule has 0 spiro atoms. The van der Waals surface area contributed by atoms with Crippen molar-refractivity contribution in [3.05, 3.63) is 0 Å². The summed E-state index contributed by atoms with van der Waals surface area (Å²) in [4.78, 5) is 6.18. The molecule has 0 unspecified atom stereocenters. The van der Waals surface area contributed by atoms with E-state index in [1.54, 1.807) is 0 Å². The van der Waals surface area contributed by atoms with E-state index >= 15 is 0 Å². The Balaban J connectivity index is 4.11. The summed E-state index contributed by atoms with van der Waals surface area (Å²) in [6, 6.07) is 0.689. The van der Waals surface area contributed by atoms with Gasteiger partial charge in [-0.25, -0.2) is 0 Å². The smallest absolute Gasteiger partial charge is 0.191 e. The van der Waals surface area contributed by atoms with Crippen LogP contribution < -0.4 is 5.73 Å². The fourth-order valence-corrected chi connectivity index (χ4v) is 0.620. The van der Waals surface area contributed by atoms with Crippen molar-refractivity contribution in [1.82, 2.24) is 4.90 Å². The summed E-state index contributed by atoms with van der Waals surface area (Å²) in [6.45, 7) is 8.20. The summed E-state index contributed by atoms with van der Waals surface area (Å²) < 4.78 is 0. The van der Waals surface area contributed by atoms with Crippen LogP contribution in [0.25, 0.3) is 0 Å². The van der Waals surface area contributed by atoms with Crippen LogP contribution >= 0.6 is 0 Å². The zero-order valence-corrected chi connectivity index (χ0v) is 8.13. The van der Waals surface area contributed by atoms with Crippen molar-refractivity contribution in [2.45, 2.75) is 39.8 Å². The molecule has 0 aromatic carbocycles. The van der Waals surface area contributed by atoms with Crippen LogP contribution in [0.2, 0.25) is 0 Å². The van der Waals surface area contributed by atoms with Crippen LogP contribution in [0.5, 0.6) is 0 Å². The molecule has 0 fully saturated rings. The summed E-state index contributed by atoms with van der Waals surface area (Å²) in [5.41, 5.74) is 5.70. The van der Waals surface area contributed by atoms with Crippen molar-refractivity contribution >= 4 is 5.96 Å². The van der Waals surface area contributed by atoms with E-state index < -0.39 is 0 Å². The molecule has 66 valence electrons. The highest BCUT2D eigenvalue weighted by atomic mass is 15.2. The van der Waals surface area contributed by atoms with Crippen LogP contribution in [0.1, 0.15) is 27.7 Å². The fraction of sp³-hybridized carbons (Fsp3) is 0.875. The van der Waals surface area contributed by atoms with Crippen molar-refractivity contribution in [1.29, 1.82) is 0 Å². The highest BCUT2D eigenvalue weighted by Crippen LogP contribution is 1.94. The first-order valence-electron chi connectivity index (χ1n) is 4.01. The quantitative estimate of drug-likeness (QED) is 0.481. The summed E-state index contributed by atoms with van der Waals surface area (Å²) in [6.07, 6.45) is 0. The summed E-state index contributed by atoms with van der Waals surface area (Å²) in [5.74, 6) is 0.620. The van der Waals surface area contributed by atoms with Crippen LogP contribution in [0, 0.1) is 0 Å². The van der Waals surface area contributed by atoms with Gasteiger partial charge in [0.2, 0.25) is 0 Å². The predicted octanol–water partition coefficient (Wildman–Crippen LogP) is 1.05. The molecule has 0 aromatic rings. The third kappa shape index (κ3) is 3.86. The van der Waals surface area contributed by atoms with Gasteiger partial charge in [-0.1, -0.05) is 0 Å². The average Bonchev–Trinajstić information content (AvgIpc) is 1.84. The molecule has 0 atom stereocenters. The van der Waals surface area contributed by atoms with Crippen LogP contribution in [0.15, 0.2) is 4.99 Å². The van der Waals surface area contributed by atoms with Gasteiger partial charge in [-0.3, -0.25) is 4.99 Å². The highest BCUT2D eigenvalue weighted by molar-refractivity contribution is 5.78. The molecule has 0 bridgehead atoms. The first kappa shape index (κ1) is 10.3. The maximum absolute atomic E-state index is 5.70. The number of hydrogen-bond acceptors (Lipinski definition) is 1. The summed E-state index contributed by atoms with van der Waals surface area (Å²) in [7, 11) is 1.95. The first-order chi connectivity index (χ1) is 4.95. The zero-order valence-electron chi connectivity index (χ0n) is 8.13. The minimum Gasteiger partial charge on any atom is -0.370 e. The molecule has 0 rings (SSSR count). The highest BCUT2D eigenvalue weighted by Gasteiger charge is 2.05. The Bertz CT molecular complexity index is 138. The Morgan fingerprint density at radius 3 is 2.00 bits per heavy atom. The van der Waals surface area contributed by atoms with E-state index in [1.807, 2.05) is 25.8 Å². The maximum atomic E-state index is 5.70. The fourth-order valence-electron chi connectivity index (χ4n) is 0.620. The molecule has 2 N–H and O–H groups in total. The van der Waals surface area contributed by atoms with Crippen molar-refractivity contribution < 1.29 is 0 Å². The lowest BCUT2D eigenvalue weighted by molar-refractivity contribution is 0.410. The van der Waals surface area contributed by atoms with E-state index in [4.69, 9.17) is 5.73 Å². The molecule has 3 nitrogen and oxygen atoms in total. The molecule has 0 saturated heterocycles. The molecule has 0 aliphatic carbocycles. The molecular weight excluding hydrogens is 138 g/mol. The molecule has 0 heterocycles. The third-order valence-corrected chi connectivity index (χ3v) is 1.53. The van der Waals surface area contributed by atoms with Gasteiger partial charge in [0.05, 0.1) is 0 Å². The van der Waals surface area contributed by atoms with Crippen molar-refractivity contribution in [3.8, 4) is 0 Å². The van der Waals surface area contributed by atoms with Crippen LogP contribution in [0.4, 0.5) is 0 Å². The summed E-state index contributed by atoms with van der Waals surface area (Å²) in [5, 5.41) is 0. The van der Waals surface area contributed by atoms with E-state index in [0.717, 1.165) is 0 Å². The van der Waals surface area contributed by atoms with Crippen molar-refractivity contribution in [3.63, 3.8) is 0 Å². The van der Waals surface area contributed by atoms with Gasteiger partial charge >= 0.3 is 0 Å².